The second-order valence-corrected chi connectivity index (χ2v) is 8.04. The molecule has 0 N–H and O–H groups in total. The first-order valence-corrected chi connectivity index (χ1v) is 10.5. The Hall–Kier alpha value is -3.04. The number of hydrogen-bond donors (Lipinski definition) is 0. The molecular formula is C22H21ClF2N4O2S. The van der Waals surface area contributed by atoms with Crippen molar-refractivity contribution in [2.24, 2.45) is 0 Å². The second kappa shape index (κ2) is 10.5. The average molecular weight is 479 g/mol. The van der Waals surface area contributed by atoms with Crippen LogP contribution in [-0.2, 0) is 11.3 Å². The number of aryl methyl sites for hydroxylation is 2. The summed E-state index contributed by atoms with van der Waals surface area (Å²) in [5, 5.41) is 0.308. The standard InChI is InChI=1S/C22H20F2N4O2S.ClH/c1-15-3-5-17(6-4-15)30-13-20(29)28(9-2-8-27-10-7-25-14-27)22-26-21-18(24)11-16(23)12-19(21)31-22;/h3-7,10-12,14H,2,8-9,13H2,1H3;1H. The lowest BCUT2D eigenvalue weighted by Crippen LogP contribution is -2.36. The van der Waals surface area contributed by atoms with Gasteiger partial charge in [-0.2, -0.15) is 0 Å². The van der Waals surface area contributed by atoms with Crippen molar-refractivity contribution in [1.29, 1.82) is 0 Å². The van der Waals surface area contributed by atoms with Crippen LogP contribution in [0.3, 0.4) is 0 Å². The van der Waals surface area contributed by atoms with E-state index < -0.39 is 11.6 Å². The number of nitrogens with zero attached hydrogens (tertiary/aromatic N) is 4. The Balaban J connectivity index is 0.00000289. The Morgan fingerprint density at radius 1 is 1.22 bits per heavy atom. The fraction of sp³-hybridized carbons (Fsp3) is 0.227. The van der Waals surface area contributed by atoms with Crippen molar-refractivity contribution in [1.82, 2.24) is 14.5 Å². The number of anilines is 1. The topological polar surface area (TPSA) is 60.2 Å². The van der Waals surface area contributed by atoms with E-state index in [9.17, 15) is 13.6 Å². The summed E-state index contributed by atoms with van der Waals surface area (Å²) >= 11 is 1.07. The van der Waals surface area contributed by atoms with Crippen LogP contribution in [0.5, 0.6) is 5.75 Å². The Morgan fingerprint density at radius 2 is 2.00 bits per heavy atom. The van der Waals surface area contributed by atoms with E-state index in [1.54, 1.807) is 24.7 Å². The van der Waals surface area contributed by atoms with E-state index in [4.69, 9.17) is 4.74 Å². The zero-order valence-corrected chi connectivity index (χ0v) is 18.8. The summed E-state index contributed by atoms with van der Waals surface area (Å²) in [5.41, 5.74) is 1.14. The summed E-state index contributed by atoms with van der Waals surface area (Å²) in [5.74, 6) is -1.17. The number of fused-ring (bicyclic) bond motifs is 1. The van der Waals surface area contributed by atoms with E-state index in [0.717, 1.165) is 23.0 Å². The van der Waals surface area contributed by atoms with Crippen LogP contribution in [0.1, 0.15) is 12.0 Å². The van der Waals surface area contributed by atoms with Crippen molar-refractivity contribution >= 4 is 45.0 Å². The van der Waals surface area contributed by atoms with Gasteiger partial charge in [-0.25, -0.2) is 18.7 Å². The molecular weight excluding hydrogens is 458 g/mol. The lowest BCUT2D eigenvalue weighted by Gasteiger charge is -2.20. The minimum absolute atomic E-state index is 0. The first kappa shape index (κ1) is 23.6. The van der Waals surface area contributed by atoms with Gasteiger partial charge in [-0.3, -0.25) is 9.69 Å². The summed E-state index contributed by atoms with van der Waals surface area (Å²) < 4.78 is 35.6. The molecule has 2 aromatic carbocycles. The third-order valence-corrected chi connectivity index (χ3v) is 5.70. The highest BCUT2D eigenvalue weighted by molar-refractivity contribution is 7.22. The van der Waals surface area contributed by atoms with Crippen LogP contribution < -0.4 is 9.64 Å². The molecule has 1 amide bonds. The number of carbonyl (C=O) groups excluding carboxylic acids is 1. The molecule has 0 saturated carbocycles. The van der Waals surface area contributed by atoms with Gasteiger partial charge in [-0.15, -0.1) is 12.4 Å². The summed E-state index contributed by atoms with van der Waals surface area (Å²) in [6, 6.07) is 9.39. The van der Waals surface area contributed by atoms with Crippen LogP contribution >= 0.6 is 23.7 Å². The van der Waals surface area contributed by atoms with Gasteiger partial charge in [0.1, 0.15) is 17.1 Å². The average Bonchev–Trinajstić information content (AvgIpc) is 3.40. The predicted molar refractivity (Wildman–Crippen MR) is 123 cm³/mol. The van der Waals surface area contributed by atoms with Crippen molar-refractivity contribution in [2.45, 2.75) is 19.9 Å². The summed E-state index contributed by atoms with van der Waals surface area (Å²) in [6.45, 7) is 2.77. The summed E-state index contributed by atoms with van der Waals surface area (Å²) in [6.07, 6.45) is 5.84. The highest BCUT2D eigenvalue weighted by Crippen LogP contribution is 2.31. The van der Waals surface area contributed by atoms with Crippen LogP contribution in [0.15, 0.2) is 55.1 Å². The smallest absolute Gasteiger partial charge is 0.266 e. The molecule has 2 heterocycles. The fourth-order valence-corrected chi connectivity index (χ4v) is 4.12. The van der Waals surface area contributed by atoms with Gasteiger partial charge in [0.05, 0.1) is 11.0 Å². The van der Waals surface area contributed by atoms with E-state index in [1.807, 2.05) is 29.8 Å². The van der Waals surface area contributed by atoms with Gasteiger partial charge < -0.3 is 9.30 Å². The number of halogens is 3. The molecule has 0 saturated heterocycles. The normalized spacial score (nSPS) is 10.7. The largest absolute Gasteiger partial charge is 0.484 e. The Bertz CT molecular complexity index is 1180. The summed E-state index contributed by atoms with van der Waals surface area (Å²) in [4.78, 5) is 22.7. The van der Waals surface area contributed by atoms with Crippen LogP contribution in [0.25, 0.3) is 10.2 Å². The van der Waals surface area contributed by atoms with Gasteiger partial charge >= 0.3 is 0 Å². The molecule has 168 valence electrons. The lowest BCUT2D eigenvalue weighted by atomic mass is 10.2. The molecule has 0 aliphatic heterocycles. The van der Waals surface area contributed by atoms with Gasteiger partial charge in [-0.1, -0.05) is 29.0 Å². The third-order valence-electron chi connectivity index (χ3n) is 4.67. The summed E-state index contributed by atoms with van der Waals surface area (Å²) in [7, 11) is 0. The molecule has 0 bridgehead atoms. The Kier molecular flexibility index (Phi) is 7.76. The second-order valence-electron chi connectivity index (χ2n) is 7.03. The number of rotatable bonds is 8. The molecule has 6 nitrogen and oxygen atoms in total. The number of benzene rings is 2. The van der Waals surface area contributed by atoms with E-state index >= 15 is 0 Å². The molecule has 10 heteroatoms. The highest BCUT2D eigenvalue weighted by Gasteiger charge is 2.21. The molecule has 0 atom stereocenters. The number of ether oxygens (including phenoxy) is 1. The highest BCUT2D eigenvalue weighted by atomic mass is 35.5. The minimum atomic E-state index is -0.751. The molecule has 0 radical (unpaired) electrons. The Labute approximate surface area is 193 Å². The van der Waals surface area contributed by atoms with Crippen molar-refractivity contribution in [2.75, 3.05) is 18.1 Å². The van der Waals surface area contributed by atoms with Crippen LogP contribution in [-0.4, -0.2) is 33.6 Å². The van der Waals surface area contributed by atoms with E-state index in [1.165, 1.54) is 11.0 Å². The van der Waals surface area contributed by atoms with Crippen molar-refractivity contribution in [3.8, 4) is 5.75 Å². The number of carbonyl (C=O) groups is 1. The quantitative estimate of drug-likeness (QED) is 0.357. The molecule has 0 spiro atoms. The molecule has 4 aromatic rings. The maximum atomic E-state index is 14.1. The van der Waals surface area contributed by atoms with Gasteiger partial charge in [0.25, 0.3) is 5.91 Å². The first-order chi connectivity index (χ1) is 15.0. The number of aromatic nitrogens is 3. The SMILES string of the molecule is Cc1ccc(OCC(=O)N(CCCn2ccnc2)c2nc3c(F)cc(F)cc3s2)cc1.Cl. The molecule has 0 fully saturated rings. The fourth-order valence-electron chi connectivity index (χ4n) is 3.08. The first-order valence-electron chi connectivity index (χ1n) is 9.71. The van der Waals surface area contributed by atoms with Crippen molar-refractivity contribution in [3.63, 3.8) is 0 Å². The van der Waals surface area contributed by atoms with Gasteiger partial charge in [0, 0.05) is 31.5 Å². The predicted octanol–water partition coefficient (Wildman–Crippen LogP) is 5.00. The van der Waals surface area contributed by atoms with Crippen LogP contribution in [0, 0.1) is 18.6 Å². The number of imidazole rings is 1. The third kappa shape index (κ3) is 5.60. The molecule has 4 rings (SSSR count). The van der Waals surface area contributed by atoms with Crippen LogP contribution in [0.4, 0.5) is 13.9 Å². The maximum absolute atomic E-state index is 14.1. The number of thiazole rings is 1. The zero-order chi connectivity index (χ0) is 21.8. The monoisotopic (exact) mass is 478 g/mol. The number of hydrogen-bond acceptors (Lipinski definition) is 5. The van der Waals surface area contributed by atoms with E-state index in [-0.39, 0.29) is 30.4 Å². The van der Waals surface area contributed by atoms with Gasteiger partial charge in [0.2, 0.25) is 0 Å². The lowest BCUT2D eigenvalue weighted by molar-refractivity contribution is -0.120. The van der Waals surface area contributed by atoms with E-state index in [2.05, 4.69) is 9.97 Å². The van der Waals surface area contributed by atoms with Gasteiger partial charge in [0.15, 0.2) is 17.6 Å². The molecule has 32 heavy (non-hydrogen) atoms. The van der Waals surface area contributed by atoms with Gasteiger partial charge in [-0.05, 0) is 31.5 Å². The molecule has 0 aliphatic carbocycles. The van der Waals surface area contributed by atoms with Crippen LogP contribution in [0.2, 0.25) is 0 Å². The maximum Gasteiger partial charge on any atom is 0.266 e. The molecule has 0 aliphatic rings. The van der Waals surface area contributed by atoms with E-state index in [0.29, 0.717) is 35.1 Å². The molecule has 2 aromatic heterocycles. The number of amides is 1. The molecule has 0 unspecified atom stereocenters. The Morgan fingerprint density at radius 3 is 2.72 bits per heavy atom. The van der Waals surface area contributed by atoms with Crippen molar-refractivity contribution < 1.29 is 18.3 Å². The van der Waals surface area contributed by atoms with Crippen molar-refractivity contribution in [3.05, 3.63) is 72.3 Å². The zero-order valence-electron chi connectivity index (χ0n) is 17.2. The minimum Gasteiger partial charge on any atom is -0.484 e.